The van der Waals surface area contributed by atoms with Crippen LogP contribution in [0.1, 0.15) is 28.5 Å². The molecule has 0 fully saturated rings. The number of hydrogen-bond acceptors (Lipinski definition) is 4. The van der Waals surface area contributed by atoms with E-state index in [0.717, 1.165) is 22.9 Å². The normalized spacial score (nSPS) is 13.0. The van der Waals surface area contributed by atoms with E-state index < -0.39 is 43.9 Å². The summed E-state index contributed by atoms with van der Waals surface area (Å²) in [4.78, 5) is 11.9. The third-order valence-corrected chi connectivity index (χ3v) is 6.22. The lowest BCUT2D eigenvalue weighted by Crippen LogP contribution is -2.42. The van der Waals surface area contributed by atoms with Crippen LogP contribution in [-0.4, -0.2) is 31.1 Å². The van der Waals surface area contributed by atoms with Crippen molar-refractivity contribution in [1.29, 1.82) is 5.26 Å². The van der Waals surface area contributed by atoms with Gasteiger partial charge in [0.25, 0.3) is 5.91 Å². The molecular weight excluding hydrogens is 452 g/mol. The monoisotopic (exact) mass is 466 g/mol. The second-order valence-corrected chi connectivity index (χ2v) is 8.37. The molecule has 1 heterocycles. The highest BCUT2D eigenvalue weighted by molar-refractivity contribution is 7.89. The Balaban J connectivity index is 2.42. The van der Waals surface area contributed by atoms with Gasteiger partial charge < -0.3 is 9.88 Å². The van der Waals surface area contributed by atoms with E-state index in [1.54, 1.807) is 6.07 Å². The van der Waals surface area contributed by atoms with Gasteiger partial charge in [-0.25, -0.2) is 12.8 Å². The number of carbonyl (C=O) groups is 1. The van der Waals surface area contributed by atoms with Crippen LogP contribution in [0.4, 0.5) is 23.2 Å². The number of sulfonamides is 1. The Morgan fingerprint density at radius 1 is 1.33 bits per heavy atom. The standard InChI is InChI=1S/C17H15ClF4N4O3S/c1-8-10(6-23)12(5-4-11(8)19)24-16(27)15-14(18)13(7-26(15)3)30(28,29)25-9(2)17(20,21)22/h4-5,7,9,25H,1-3H3,(H,24,27)/t9-/m1/s1. The molecule has 30 heavy (non-hydrogen) atoms. The minimum Gasteiger partial charge on any atom is -0.344 e. The maximum Gasteiger partial charge on any atom is 0.404 e. The topological polar surface area (TPSA) is 104 Å². The number of aromatic nitrogens is 1. The fourth-order valence-electron chi connectivity index (χ4n) is 2.49. The van der Waals surface area contributed by atoms with Crippen molar-refractivity contribution in [2.24, 2.45) is 7.05 Å². The fourth-order valence-corrected chi connectivity index (χ4v) is 4.42. The van der Waals surface area contributed by atoms with E-state index in [2.05, 4.69) is 5.32 Å². The molecule has 0 aliphatic carbocycles. The number of anilines is 1. The number of alkyl halides is 3. The molecule has 1 amide bonds. The van der Waals surface area contributed by atoms with Crippen molar-refractivity contribution in [1.82, 2.24) is 9.29 Å². The molecular formula is C17H15ClF4N4O3S. The summed E-state index contributed by atoms with van der Waals surface area (Å²) in [5.41, 5.74) is -0.599. The number of nitrogens with zero attached hydrogens (tertiary/aromatic N) is 2. The number of benzene rings is 1. The molecule has 0 radical (unpaired) electrons. The number of halogens is 5. The van der Waals surface area contributed by atoms with Gasteiger partial charge in [0.1, 0.15) is 28.5 Å². The van der Waals surface area contributed by atoms with Crippen LogP contribution in [0.25, 0.3) is 0 Å². The van der Waals surface area contributed by atoms with E-state index in [0.29, 0.717) is 6.92 Å². The minimum absolute atomic E-state index is 0.0121. The number of nitriles is 1. The summed E-state index contributed by atoms with van der Waals surface area (Å²) in [6.07, 6.45) is -3.95. The molecule has 0 bridgehead atoms. The van der Waals surface area contributed by atoms with E-state index >= 15 is 0 Å². The maximum absolute atomic E-state index is 13.6. The summed E-state index contributed by atoms with van der Waals surface area (Å²) in [7, 11) is -3.45. The summed E-state index contributed by atoms with van der Waals surface area (Å²) >= 11 is 6.00. The van der Waals surface area contributed by atoms with Crippen LogP contribution >= 0.6 is 11.6 Å². The number of nitrogens with one attached hydrogen (secondary N) is 2. The van der Waals surface area contributed by atoms with Crippen molar-refractivity contribution in [3.63, 3.8) is 0 Å². The highest BCUT2D eigenvalue weighted by Crippen LogP contribution is 2.30. The zero-order valence-electron chi connectivity index (χ0n) is 15.7. The second kappa shape index (κ2) is 8.25. The molecule has 0 aliphatic rings. The lowest BCUT2D eigenvalue weighted by molar-refractivity contribution is -0.147. The number of hydrogen-bond donors (Lipinski definition) is 2. The number of aryl methyl sites for hydroxylation is 1. The molecule has 0 spiro atoms. The molecule has 2 aromatic rings. The van der Waals surface area contributed by atoms with Gasteiger partial charge in [-0.05, 0) is 26.0 Å². The van der Waals surface area contributed by atoms with Crippen molar-refractivity contribution < 1.29 is 30.8 Å². The predicted molar refractivity (Wildman–Crippen MR) is 100 cm³/mol. The van der Waals surface area contributed by atoms with Gasteiger partial charge in [0, 0.05) is 18.8 Å². The molecule has 162 valence electrons. The zero-order valence-corrected chi connectivity index (χ0v) is 17.3. The van der Waals surface area contributed by atoms with E-state index in [1.807, 2.05) is 0 Å². The van der Waals surface area contributed by atoms with Crippen LogP contribution in [0.2, 0.25) is 5.02 Å². The molecule has 1 aromatic heterocycles. The van der Waals surface area contributed by atoms with E-state index in [4.69, 9.17) is 11.6 Å². The molecule has 0 unspecified atom stereocenters. The van der Waals surface area contributed by atoms with Crippen molar-refractivity contribution in [2.45, 2.75) is 31.0 Å². The molecule has 2 N–H and O–H groups in total. The van der Waals surface area contributed by atoms with Crippen LogP contribution in [0.15, 0.2) is 23.2 Å². The van der Waals surface area contributed by atoms with Crippen LogP contribution in [0.5, 0.6) is 0 Å². The lowest BCUT2D eigenvalue weighted by Gasteiger charge is -2.16. The number of carbonyl (C=O) groups excluding carboxylic acids is 1. The van der Waals surface area contributed by atoms with E-state index in [-0.39, 0.29) is 22.5 Å². The quantitative estimate of drug-likeness (QED) is 0.658. The predicted octanol–water partition coefficient (Wildman–Crippen LogP) is 3.48. The molecule has 0 saturated carbocycles. The summed E-state index contributed by atoms with van der Waals surface area (Å²) in [6, 6.07) is 1.52. The first-order chi connectivity index (χ1) is 13.7. The second-order valence-electron chi connectivity index (χ2n) is 6.31. The van der Waals surface area contributed by atoms with Gasteiger partial charge in [-0.15, -0.1) is 0 Å². The minimum atomic E-state index is -4.83. The molecule has 7 nitrogen and oxygen atoms in total. The number of rotatable bonds is 5. The molecule has 0 aliphatic heterocycles. The fraction of sp³-hybridized carbons (Fsp3) is 0.294. The van der Waals surface area contributed by atoms with Gasteiger partial charge in [0.2, 0.25) is 10.0 Å². The highest BCUT2D eigenvalue weighted by atomic mass is 35.5. The van der Waals surface area contributed by atoms with Gasteiger partial charge in [0.05, 0.1) is 16.3 Å². The zero-order chi connectivity index (χ0) is 23.0. The number of amides is 1. The van der Waals surface area contributed by atoms with E-state index in [1.165, 1.54) is 18.7 Å². The summed E-state index contributed by atoms with van der Waals surface area (Å²) in [5, 5.41) is 10.9. The summed E-state index contributed by atoms with van der Waals surface area (Å²) in [5.74, 6) is -1.62. The Bertz CT molecular complexity index is 1150. The molecule has 13 heteroatoms. The molecule has 1 aromatic carbocycles. The Labute approximate surface area is 174 Å². The van der Waals surface area contributed by atoms with Crippen LogP contribution in [0.3, 0.4) is 0 Å². The third-order valence-electron chi connectivity index (χ3n) is 4.17. The molecule has 2 rings (SSSR count). The van der Waals surface area contributed by atoms with Gasteiger partial charge in [-0.2, -0.15) is 23.2 Å². The van der Waals surface area contributed by atoms with Crippen molar-refractivity contribution in [2.75, 3.05) is 5.32 Å². The Morgan fingerprint density at radius 2 is 1.93 bits per heavy atom. The van der Waals surface area contributed by atoms with Gasteiger partial charge >= 0.3 is 6.18 Å². The Hall–Kier alpha value is -2.62. The Kier molecular flexibility index (Phi) is 6.51. The maximum atomic E-state index is 13.6. The average molecular weight is 467 g/mol. The first-order valence-corrected chi connectivity index (χ1v) is 10.0. The summed E-state index contributed by atoms with van der Waals surface area (Å²) in [6.45, 7) is 1.94. The van der Waals surface area contributed by atoms with Crippen molar-refractivity contribution >= 4 is 33.2 Å². The molecule has 0 saturated heterocycles. The highest BCUT2D eigenvalue weighted by Gasteiger charge is 2.40. The van der Waals surface area contributed by atoms with Crippen LogP contribution in [-0.2, 0) is 17.1 Å². The van der Waals surface area contributed by atoms with Crippen molar-refractivity contribution in [3.8, 4) is 6.07 Å². The van der Waals surface area contributed by atoms with Gasteiger partial charge in [0.15, 0.2) is 0 Å². The third kappa shape index (κ3) is 4.58. The van der Waals surface area contributed by atoms with E-state index in [9.17, 15) is 36.0 Å². The first kappa shape index (κ1) is 23.7. The summed E-state index contributed by atoms with van der Waals surface area (Å²) < 4.78 is 78.8. The van der Waals surface area contributed by atoms with Gasteiger partial charge in [-0.1, -0.05) is 11.6 Å². The lowest BCUT2D eigenvalue weighted by atomic mass is 10.1. The molecule has 1 atom stereocenters. The average Bonchev–Trinajstić information content (AvgIpc) is 2.92. The first-order valence-electron chi connectivity index (χ1n) is 8.15. The van der Waals surface area contributed by atoms with Crippen molar-refractivity contribution in [3.05, 3.63) is 46.0 Å². The Morgan fingerprint density at radius 3 is 2.47 bits per heavy atom. The SMILES string of the molecule is Cc1c(F)ccc(NC(=O)c2c(Cl)c(S(=O)(=O)N[C@H](C)C(F)(F)F)cn2C)c1C#N. The van der Waals surface area contributed by atoms with Crippen LogP contribution < -0.4 is 10.0 Å². The van der Waals surface area contributed by atoms with Crippen LogP contribution in [0, 0.1) is 24.1 Å². The largest absolute Gasteiger partial charge is 0.404 e. The van der Waals surface area contributed by atoms with Gasteiger partial charge in [-0.3, -0.25) is 4.79 Å². The smallest absolute Gasteiger partial charge is 0.344 e.